The molecule has 2 aromatic rings. The molecule has 0 unspecified atom stereocenters. The summed E-state index contributed by atoms with van der Waals surface area (Å²) < 4.78 is 1.80. The van der Waals surface area contributed by atoms with Crippen molar-refractivity contribution in [3.63, 3.8) is 0 Å². The van der Waals surface area contributed by atoms with E-state index in [0.29, 0.717) is 17.9 Å². The first-order valence-electron chi connectivity index (χ1n) is 8.13. The molecule has 25 heavy (non-hydrogen) atoms. The van der Waals surface area contributed by atoms with Gasteiger partial charge in [0.25, 0.3) is 5.91 Å². The lowest BCUT2D eigenvalue weighted by molar-refractivity contribution is -0.133. The Morgan fingerprint density at radius 3 is 2.56 bits per heavy atom. The monoisotopic (exact) mass is 361 g/mol. The van der Waals surface area contributed by atoms with Gasteiger partial charge in [-0.05, 0) is 25.0 Å². The maximum absolute atomic E-state index is 12.5. The van der Waals surface area contributed by atoms with E-state index < -0.39 is 5.97 Å². The number of nitrogens with one attached hydrogen (secondary N) is 1. The number of nitrogens with zero attached hydrogens (tertiary/aromatic N) is 2. The van der Waals surface area contributed by atoms with Gasteiger partial charge in [0.15, 0.2) is 0 Å². The van der Waals surface area contributed by atoms with Crippen molar-refractivity contribution in [3.8, 4) is 5.69 Å². The van der Waals surface area contributed by atoms with E-state index >= 15 is 0 Å². The van der Waals surface area contributed by atoms with Gasteiger partial charge in [-0.25, -0.2) is 4.68 Å². The summed E-state index contributed by atoms with van der Waals surface area (Å²) in [7, 11) is 0. The smallest absolute Gasteiger partial charge is 0.313 e. The van der Waals surface area contributed by atoms with Crippen molar-refractivity contribution in [1.29, 1.82) is 0 Å². The molecule has 134 valence electrons. The Bertz CT molecular complexity index is 739. The third kappa shape index (κ3) is 5.09. The largest absolute Gasteiger partial charge is 0.481 e. The normalized spacial score (nSPS) is 10.9. The summed E-state index contributed by atoms with van der Waals surface area (Å²) in [5, 5.41) is 15.8. The number of amides is 1. The van der Waals surface area contributed by atoms with E-state index in [1.54, 1.807) is 10.9 Å². The molecule has 1 heterocycles. The minimum atomic E-state index is -0.849. The number of thioether (sulfide) groups is 1. The Hall–Kier alpha value is -2.28. The molecule has 0 saturated heterocycles. The summed E-state index contributed by atoms with van der Waals surface area (Å²) in [4.78, 5) is 23.0. The van der Waals surface area contributed by atoms with Gasteiger partial charge >= 0.3 is 5.97 Å². The molecule has 0 fully saturated rings. The number of hydrogen-bond acceptors (Lipinski definition) is 4. The van der Waals surface area contributed by atoms with Crippen LogP contribution in [0.3, 0.4) is 0 Å². The molecular formula is C18H23N3O3S. The summed E-state index contributed by atoms with van der Waals surface area (Å²) in [5.41, 5.74) is 3.50. The summed E-state index contributed by atoms with van der Waals surface area (Å²) in [5.74, 6) is -0.304. The molecule has 1 aromatic heterocycles. The summed E-state index contributed by atoms with van der Waals surface area (Å²) in [6.07, 6.45) is 1.59. The highest BCUT2D eigenvalue weighted by atomic mass is 32.2. The lowest BCUT2D eigenvalue weighted by atomic mass is 10.0. The Labute approximate surface area is 151 Å². The van der Waals surface area contributed by atoms with Crippen LogP contribution in [-0.4, -0.2) is 44.8 Å². The van der Waals surface area contributed by atoms with Crippen LogP contribution in [0.25, 0.3) is 5.69 Å². The van der Waals surface area contributed by atoms with Crippen molar-refractivity contribution in [2.75, 3.05) is 18.1 Å². The first-order valence-corrected chi connectivity index (χ1v) is 9.28. The summed E-state index contributed by atoms with van der Waals surface area (Å²) in [6, 6.07) is 8.00. The molecule has 0 bridgehead atoms. The van der Waals surface area contributed by atoms with Gasteiger partial charge in [0.05, 0.1) is 28.9 Å². The van der Waals surface area contributed by atoms with Gasteiger partial charge in [-0.1, -0.05) is 31.5 Å². The maximum atomic E-state index is 12.5. The first-order chi connectivity index (χ1) is 11.9. The predicted molar refractivity (Wildman–Crippen MR) is 99.7 cm³/mol. The number of hydrogen-bond donors (Lipinski definition) is 2. The first kappa shape index (κ1) is 19.1. The van der Waals surface area contributed by atoms with Crippen LogP contribution >= 0.6 is 11.8 Å². The quantitative estimate of drug-likeness (QED) is 0.706. The van der Waals surface area contributed by atoms with Gasteiger partial charge in [0.2, 0.25) is 0 Å². The van der Waals surface area contributed by atoms with Crippen molar-refractivity contribution in [2.45, 2.75) is 26.7 Å². The van der Waals surface area contributed by atoms with E-state index in [0.717, 1.165) is 11.4 Å². The van der Waals surface area contributed by atoms with Gasteiger partial charge in [0, 0.05) is 12.3 Å². The summed E-state index contributed by atoms with van der Waals surface area (Å²) in [6.45, 7) is 6.50. The predicted octanol–water partition coefficient (Wildman–Crippen LogP) is 2.85. The molecule has 2 rings (SSSR count). The minimum Gasteiger partial charge on any atom is -0.481 e. The molecular weight excluding hydrogens is 338 g/mol. The molecule has 0 spiro atoms. The third-order valence-electron chi connectivity index (χ3n) is 3.63. The molecule has 7 heteroatoms. The molecule has 0 aliphatic carbocycles. The molecule has 2 N–H and O–H groups in total. The second kappa shape index (κ2) is 8.71. The number of aliphatic carboxylic acids is 1. The molecule has 0 radical (unpaired) electrons. The molecule has 0 aliphatic rings. The zero-order valence-electron chi connectivity index (χ0n) is 14.7. The Balaban J connectivity index is 2.11. The van der Waals surface area contributed by atoms with Crippen LogP contribution in [0.5, 0.6) is 0 Å². The minimum absolute atomic E-state index is 0.0401. The highest BCUT2D eigenvalue weighted by Gasteiger charge is 2.20. The van der Waals surface area contributed by atoms with Gasteiger partial charge in [-0.15, -0.1) is 11.8 Å². The van der Waals surface area contributed by atoms with Crippen molar-refractivity contribution in [1.82, 2.24) is 15.1 Å². The molecule has 6 nitrogen and oxygen atoms in total. The van der Waals surface area contributed by atoms with Crippen LogP contribution in [0.4, 0.5) is 0 Å². The lowest BCUT2D eigenvalue weighted by Crippen LogP contribution is -2.27. The lowest BCUT2D eigenvalue weighted by Gasteiger charge is -2.13. The fraction of sp³-hybridized carbons (Fsp3) is 0.389. The number of rotatable bonds is 8. The van der Waals surface area contributed by atoms with Crippen LogP contribution in [0, 0.1) is 6.92 Å². The molecule has 1 aromatic carbocycles. The standard InChI is InChI=1S/C18H23N3O3S/c1-12(2)17-15(18(24)19-8-9-25-11-16(22)23)10-20-21(17)14-6-4-13(3)5-7-14/h4-7,10,12H,8-9,11H2,1-3H3,(H,19,24)(H,22,23). The summed E-state index contributed by atoms with van der Waals surface area (Å²) >= 11 is 1.28. The molecule has 0 aliphatic heterocycles. The fourth-order valence-electron chi connectivity index (χ4n) is 2.47. The topological polar surface area (TPSA) is 84.2 Å². The number of carbonyl (C=O) groups is 2. The number of aromatic nitrogens is 2. The number of aryl methyl sites for hydroxylation is 1. The van der Waals surface area contributed by atoms with Gasteiger partial charge in [-0.3, -0.25) is 9.59 Å². The van der Waals surface area contributed by atoms with Crippen molar-refractivity contribution >= 4 is 23.6 Å². The number of benzene rings is 1. The van der Waals surface area contributed by atoms with E-state index in [-0.39, 0.29) is 17.6 Å². The fourth-order valence-corrected chi connectivity index (χ4v) is 3.04. The highest BCUT2D eigenvalue weighted by molar-refractivity contribution is 7.99. The number of carbonyl (C=O) groups excluding carboxylic acids is 1. The number of carboxylic acid groups (broad SMARTS) is 1. The average molecular weight is 361 g/mol. The van der Waals surface area contributed by atoms with E-state index in [1.807, 2.05) is 45.0 Å². The van der Waals surface area contributed by atoms with Crippen LogP contribution in [-0.2, 0) is 4.79 Å². The van der Waals surface area contributed by atoms with Gasteiger partial charge < -0.3 is 10.4 Å². The Morgan fingerprint density at radius 2 is 1.96 bits per heavy atom. The average Bonchev–Trinajstić information content (AvgIpc) is 3.00. The zero-order chi connectivity index (χ0) is 18.4. The van der Waals surface area contributed by atoms with Gasteiger partial charge in [0.1, 0.15) is 0 Å². The van der Waals surface area contributed by atoms with Crippen molar-refractivity contribution in [2.24, 2.45) is 0 Å². The van der Waals surface area contributed by atoms with Crippen molar-refractivity contribution < 1.29 is 14.7 Å². The number of carboxylic acids is 1. The maximum Gasteiger partial charge on any atom is 0.313 e. The van der Waals surface area contributed by atoms with E-state index in [4.69, 9.17) is 5.11 Å². The van der Waals surface area contributed by atoms with Crippen LogP contribution in [0.2, 0.25) is 0 Å². The third-order valence-corrected chi connectivity index (χ3v) is 4.58. The SMILES string of the molecule is Cc1ccc(-n2ncc(C(=O)NCCSCC(=O)O)c2C(C)C)cc1. The molecule has 0 atom stereocenters. The van der Waals surface area contributed by atoms with Crippen molar-refractivity contribution in [3.05, 3.63) is 47.3 Å². The van der Waals surface area contributed by atoms with E-state index in [1.165, 1.54) is 17.3 Å². The molecule has 1 amide bonds. The Morgan fingerprint density at radius 1 is 1.28 bits per heavy atom. The van der Waals surface area contributed by atoms with E-state index in [2.05, 4.69) is 10.4 Å². The Kier molecular flexibility index (Phi) is 6.64. The van der Waals surface area contributed by atoms with Crippen LogP contribution in [0.1, 0.15) is 41.4 Å². The van der Waals surface area contributed by atoms with E-state index in [9.17, 15) is 9.59 Å². The zero-order valence-corrected chi connectivity index (χ0v) is 15.5. The van der Waals surface area contributed by atoms with Crippen LogP contribution < -0.4 is 5.32 Å². The molecule has 0 saturated carbocycles. The highest BCUT2D eigenvalue weighted by Crippen LogP contribution is 2.23. The van der Waals surface area contributed by atoms with Gasteiger partial charge in [-0.2, -0.15) is 5.10 Å². The van der Waals surface area contributed by atoms with Crippen LogP contribution in [0.15, 0.2) is 30.5 Å². The second-order valence-corrected chi connectivity index (χ2v) is 7.15. The second-order valence-electron chi connectivity index (χ2n) is 6.05.